The first kappa shape index (κ1) is 16.0. The van der Waals surface area contributed by atoms with E-state index in [1.54, 1.807) is 19.1 Å². The highest BCUT2D eigenvalue weighted by molar-refractivity contribution is 7.92. The normalized spacial score (nSPS) is 11.2. The largest absolute Gasteiger partial charge is 0.461 e. The van der Waals surface area contributed by atoms with Gasteiger partial charge in [0.05, 0.1) is 11.5 Å². The van der Waals surface area contributed by atoms with E-state index >= 15 is 0 Å². The van der Waals surface area contributed by atoms with Crippen molar-refractivity contribution in [2.75, 3.05) is 11.3 Å². The number of rotatable bonds is 6. The highest BCUT2D eigenvalue weighted by Crippen LogP contribution is 2.17. The predicted octanol–water partition coefficient (Wildman–Crippen LogP) is 2.21. The van der Waals surface area contributed by atoms with Gasteiger partial charge in [-0.15, -0.1) is 0 Å². The molecule has 2 aromatic rings. The van der Waals surface area contributed by atoms with Crippen LogP contribution in [-0.2, 0) is 21.2 Å². The van der Waals surface area contributed by atoms with E-state index in [0.29, 0.717) is 0 Å². The first-order valence-electron chi connectivity index (χ1n) is 6.70. The number of sulfonamides is 1. The molecular weight excluding hydrogens is 308 g/mol. The molecule has 0 amide bonds. The summed E-state index contributed by atoms with van der Waals surface area (Å²) in [5.41, 5.74) is 0.931. The number of aryl methyl sites for hydroxylation is 1. The molecule has 1 N–H and O–H groups in total. The number of esters is 1. The molecule has 0 unspecified atom stereocenters. The molecule has 22 heavy (non-hydrogen) atoms. The lowest BCUT2D eigenvalue weighted by molar-refractivity contribution is 0.0519. The SMILES string of the molecule is CCOC(=O)c1coc(NS(=O)(=O)c2ccc(CC)cc2)n1. The Hall–Kier alpha value is -2.35. The molecule has 0 bridgehead atoms. The molecule has 0 radical (unpaired) electrons. The topological polar surface area (TPSA) is 98.5 Å². The second kappa shape index (κ2) is 6.61. The van der Waals surface area contributed by atoms with Gasteiger partial charge in [0.15, 0.2) is 5.69 Å². The number of anilines is 1. The summed E-state index contributed by atoms with van der Waals surface area (Å²) in [5, 5.41) is 0. The van der Waals surface area contributed by atoms with Crippen molar-refractivity contribution < 1.29 is 22.4 Å². The highest BCUT2D eigenvalue weighted by atomic mass is 32.2. The summed E-state index contributed by atoms with van der Waals surface area (Å²) < 4.78 is 36.2. The minimum absolute atomic E-state index is 0.0839. The Morgan fingerprint density at radius 3 is 2.55 bits per heavy atom. The zero-order valence-corrected chi connectivity index (χ0v) is 13.0. The molecule has 0 spiro atoms. The average molecular weight is 324 g/mol. The maximum atomic E-state index is 12.2. The van der Waals surface area contributed by atoms with Crippen LogP contribution < -0.4 is 4.72 Å². The Kier molecular flexibility index (Phi) is 4.81. The zero-order chi connectivity index (χ0) is 16.2. The van der Waals surface area contributed by atoms with Gasteiger partial charge in [-0.2, -0.15) is 4.98 Å². The van der Waals surface area contributed by atoms with Crippen molar-refractivity contribution in [1.82, 2.24) is 4.98 Å². The fourth-order valence-electron chi connectivity index (χ4n) is 1.70. The van der Waals surface area contributed by atoms with Crippen molar-refractivity contribution in [2.24, 2.45) is 0 Å². The van der Waals surface area contributed by atoms with Gasteiger partial charge in [0.25, 0.3) is 10.0 Å². The summed E-state index contributed by atoms with van der Waals surface area (Å²) in [4.78, 5) is 15.3. The van der Waals surface area contributed by atoms with Crippen LogP contribution in [0, 0.1) is 0 Å². The van der Waals surface area contributed by atoms with Crippen LogP contribution in [-0.4, -0.2) is 26.0 Å². The van der Waals surface area contributed by atoms with Gasteiger partial charge in [-0.1, -0.05) is 19.1 Å². The number of hydrogen-bond donors (Lipinski definition) is 1. The number of ether oxygens (including phenoxy) is 1. The highest BCUT2D eigenvalue weighted by Gasteiger charge is 2.19. The van der Waals surface area contributed by atoms with E-state index in [2.05, 4.69) is 9.71 Å². The van der Waals surface area contributed by atoms with E-state index in [-0.39, 0.29) is 23.2 Å². The minimum Gasteiger partial charge on any atom is -0.461 e. The van der Waals surface area contributed by atoms with E-state index in [4.69, 9.17) is 9.15 Å². The molecule has 2 rings (SSSR count). The molecule has 0 fully saturated rings. The van der Waals surface area contributed by atoms with Gasteiger partial charge in [-0.05, 0) is 31.0 Å². The molecule has 0 aliphatic carbocycles. The number of hydrogen-bond acceptors (Lipinski definition) is 6. The van der Waals surface area contributed by atoms with Crippen LogP contribution in [0.25, 0.3) is 0 Å². The Labute approximate surface area is 128 Å². The van der Waals surface area contributed by atoms with E-state index in [9.17, 15) is 13.2 Å². The summed E-state index contributed by atoms with van der Waals surface area (Å²) in [5.74, 6) is -0.677. The monoisotopic (exact) mass is 324 g/mol. The lowest BCUT2D eigenvalue weighted by Gasteiger charge is -2.05. The minimum atomic E-state index is -3.82. The Bertz CT molecular complexity index is 750. The van der Waals surface area contributed by atoms with Gasteiger partial charge < -0.3 is 9.15 Å². The van der Waals surface area contributed by atoms with Crippen LogP contribution >= 0.6 is 0 Å². The number of oxazole rings is 1. The van der Waals surface area contributed by atoms with Gasteiger partial charge >= 0.3 is 12.0 Å². The van der Waals surface area contributed by atoms with Crippen LogP contribution in [0.3, 0.4) is 0 Å². The molecule has 1 aromatic heterocycles. The van der Waals surface area contributed by atoms with Crippen molar-refractivity contribution >= 4 is 22.0 Å². The third kappa shape index (κ3) is 3.64. The van der Waals surface area contributed by atoms with Crippen LogP contribution in [0.4, 0.5) is 6.01 Å². The quantitative estimate of drug-likeness (QED) is 0.818. The maximum absolute atomic E-state index is 12.2. The van der Waals surface area contributed by atoms with Gasteiger partial charge in [-0.25, -0.2) is 17.9 Å². The molecule has 0 aliphatic heterocycles. The molecule has 0 saturated heterocycles. The van der Waals surface area contributed by atoms with Crippen molar-refractivity contribution in [1.29, 1.82) is 0 Å². The van der Waals surface area contributed by atoms with Gasteiger partial charge in [-0.3, -0.25) is 0 Å². The first-order chi connectivity index (χ1) is 10.5. The fraction of sp³-hybridized carbons (Fsp3) is 0.286. The lowest BCUT2D eigenvalue weighted by Crippen LogP contribution is -2.13. The number of nitrogens with zero attached hydrogens (tertiary/aromatic N) is 1. The summed E-state index contributed by atoms with van der Waals surface area (Å²) in [6.45, 7) is 3.82. The molecule has 7 nitrogen and oxygen atoms in total. The smallest absolute Gasteiger partial charge is 0.360 e. The molecule has 8 heteroatoms. The molecule has 1 aromatic carbocycles. The van der Waals surface area contributed by atoms with Gasteiger partial charge in [0.1, 0.15) is 6.26 Å². The third-order valence-corrected chi connectivity index (χ3v) is 4.19. The summed E-state index contributed by atoms with van der Waals surface area (Å²) in [6.07, 6.45) is 1.85. The molecule has 0 saturated carbocycles. The van der Waals surface area contributed by atoms with E-state index < -0.39 is 16.0 Å². The van der Waals surface area contributed by atoms with Crippen LogP contribution in [0.2, 0.25) is 0 Å². The fourth-order valence-corrected chi connectivity index (χ4v) is 2.63. The molecular formula is C14H16N2O5S. The summed E-state index contributed by atoms with van der Waals surface area (Å²) in [6, 6.07) is 6.16. The number of carbonyl (C=O) groups is 1. The van der Waals surface area contributed by atoms with Crippen LogP contribution in [0.15, 0.2) is 39.8 Å². The second-order valence-corrected chi connectivity index (χ2v) is 6.04. The number of nitrogens with one attached hydrogen (secondary N) is 1. The van der Waals surface area contributed by atoms with E-state index in [0.717, 1.165) is 18.2 Å². The van der Waals surface area contributed by atoms with Crippen molar-refractivity contribution in [2.45, 2.75) is 25.2 Å². The molecule has 0 atom stereocenters. The van der Waals surface area contributed by atoms with E-state index in [1.807, 2.05) is 6.92 Å². The Morgan fingerprint density at radius 1 is 1.27 bits per heavy atom. The standard InChI is InChI=1S/C14H16N2O5S/c1-3-10-5-7-11(8-6-10)22(18,19)16-14-15-12(9-21-14)13(17)20-4-2/h5-9H,3-4H2,1-2H3,(H,15,16). The van der Waals surface area contributed by atoms with Crippen LogP contribution in [0.5, 0.6) is 0 Å². The molecule has 118 valence electrons. The van der Waals surface area contributed by atoms with Crippen LogP contribution in [0.1, 0.15) is 29.9 Å². The number of aromatic nitrogens is 1. The zero-order valence-electron chi connectivity index (χ0n) is 12.2. The maximum Gasteiger partial charge on any atom is 0.360 e. The van der Waals surface area contributed by atoms with Crippen molar-refractivity contribution in [3.63, 3.8) is 0 Å². The average Bonchev–Trinajstić information content (AvgIpc) is 2.95. The number of benzene rings is 1. The third-order valence-electron chi connectivity index (χ3n) is 2.85. The van der Waals surface area contributed by atoms with Gasteiger partial charge in [0.2, 0.25) is 0 Å². The summed E-state index contributed by atoms with van der Waals surface area (Å²) >= 11 is 0. The summed E-state index contributed by atoms with van der Waals surface area (Å²) in [7, 11) is -3.82. The second-order valence-electron chi connectivity index (χ2n) is 4.36. The first-order valence-corrected chi connectivity index (χ1v) is 8.19. The molecule has 1 heterocycles. The Balaban J connectivity index is 2.16. The van der Waals surface area contributed by atoms with Gasteiger partial charge in [0, 0.05) is 0 Å². The Morgan fingerprint density at radius 2 is 1.95 bits per heavy atom. The molecule has 0 aliphatic rings. The predicted molar refractivity (Wildman–Crippen MR) is 79.1 cm³/mol. The van der Waals surface area contributed by atoms with Crippen molar-refractivity contribution in [3.05, 3.63) is 41.8 Å². The van der Waals surface area contributed by atoms with Crippen molar-refractivity contribution in [3.8, 4) is 0 Å². The van der Waals surface area contributed by atoms with E-state index in [1.165, 1.54) is 12.1 Å². The lowest BCUT2D eigenvalue weighted by atomic mass is 10.2. The number of carbonyl (C=O) groups excluding carboxylic acids is 1.